The smallest absolute Gasteiger partial charge is 0.338 e. The highest BCUT2D eigenvalue weighted by Crippen LogP contribution is 2.25. The molecule has 0 atom stereocenters. The normalized spacial score (nSPS) is 11.2. The molecule has 2 aromatic carbocycles. The second-order valence-corrected chi connectivity index (χ2v) is 8.56. The van der Waals surface area contributed by atoms with Gasteiger partial charge in [0, 0.05) is 18.9 Å². The van der Waals surface area contributed by atoms with Crippen molar-refractivity contribution in [1.82, 2.24) is 9.78 Å². The summed E-state index contributed by atoms with van der Waals surface area (Å²) in [6.45, 7) is 2.94. The lowest BCUT2D eigenvalue weighted by molar-refractivity contribution is 0.0487. The van der Waals surface area contributed by atoms with Crippen LogP contribution in [-0.4, -0.2) is 37.3 Å². The van der Waals surface area contributed by atoms with Crippen LogP contribution in [0.1, 0.15) is 30.1 Å². The number of aromatic nitrogens is 2. The summed E-state index contributed by atoms with van der Waals surface area (Å²) in [7, 11) is -3.83. The van der Waals surface area contributed by atoms with Gasteiger partial charge in [0.1, 0.15) is 6.61 Å². The van der Waals surface area contributed by atoms with Gasteiger partial charge < -0.3 is 4.74 Å². The molecule has 7 nitrogen and oxygen atoms in total. The highest BCUT2D eigenvalue weighted by Gasteiger charge is 2.25. The van der Waals surface area contributed by atoms with Crippen LogP contribution in [0.2, 0.25) is 0 Å². The molecule has 0 radical (unpaired) electrons. The number of carbonyl (C=O) groups excluding carboxylic acids is 1. The van der Waals surface area contributed by atoms with Crippen LogP contribution in [0.3, 0.4) is 0 Å². The zero-order chi connectivity index (χ0) is 21.4. The van der Waals surface area contributed by atoms with Gasteiger partial charge in [-0.2, -0.15) is 5.10 Å². The topological polar surface area (TPSA) is 81.5 Å². The first-order valence-corrected chi connectivity index (χ1v) is 11.3. The Morgan fingerprint density at radius 3 is 2.60 bits per heavy atom. The van der Waals surface area contributed by atoms with Gasteiger partial charge in [0.05, 0.1) is 22.7 Å². The Morgan fingerprint density at radius 2 is 1.90 bits per heavy atom. The van der Waals surface area contributed by atoms with Crippen molar-refractivity contribution in [1.29, 1.82) is 0 Å². The maximum Gasteiger partial charge on any atom is 0.338 e. The third kappa shape index (κ3) is 5.27. The SMILES string of the molecule is CCCCN(c1ccccc1)S(=O)(=O)c1cccc(C(=O)OCCn2cccn2)c1. The number of nitrogens with zero attached hydrogens (tertiary/aromatic N) is 3. The van der Waals surface area contributed by atoms with Crippen molar-refractivity contribution in [3.8, 4) is 0 Å². The van der Waals surface area contributed by atoms with Crippen molar-refractivity contribution in [2.75, 3.05) is 17.5 Å². The van der Waals surface area contributed by atoms with E-state index < -0.39 is 16.0 Å². The zero-order valence-electron chi connectivity index (χ0n) is 16.8. The summed E-state index contributed by atoms with van der Waals surface area (Å²) < 4.78 is 35.0. The highest BCUT2D eigenvalue weighted by molar-refractivity contribution is 7.92. The maximum atomic E-state index is 13.3. The predicted octanol–water partition coefficient (Wildman–Crippen LogP) is 3.74. The highest BCUT2D eigenvalue weighted by atomic mass is 32.2. The predicted molar refractivity (Wildman–Crippen MR) is 115 cm³/mol. The average Bonchev–Trinajstić information content (AvgIpc) is 3.28. The molecule has 0 aliphatic carbocycles. The summed E-state index contributed by atoms with van der Waals surface area (Å²) >= 11 is 0. The molecule has 0 aliphatic rings. The molecule has 0 N–H and O–H groups in total. The van der Waals surface area contributed by atoms with Gasteiger partial charge in [-0.05, 0) is 42.8 Å². The van der Waals surface area contributed by atoms with Crippen LogP contribution in [0.4, 0.5) is 5.69 Å². The molecule has 1 heterocycles. The molecule has 0 aliphatic heterocycles. The summed E-state index contributed by atoms with van der Waals surface area (Å²) in [5.74, 6) is -0.570. The molecule has 8 heteroatoms. The number of sulfonamides is 1. The van der Waals surface area contributed by atoms with Crippen LogP contribution in [-0.2, 0) is 21.3 Å². The van der Waals surface area contributed by atoms with E-state index in [0.717, 1.165) is 12.8 Å². The molecule has 30 heavy (non-hydrogen) atoms. The molecule has 0 bridgehead atoms. The first kappa shape index (κ1) is 21.6. The lowest BCUT2D eigenvalue weighted by atomic mass is 10.2. The van der Waals surface area contributed by atoms with Crippen molar-refractivity contribution < 1.29 is 17.9 Å². The zero-order valence-corrected chi connectivity index (χ0v) is 17.7. The summed E-state index contributed by atoms with van der Waals surface area (Å²) in [6, 6.07) is 16.7. The molecule has 3 aromatic rings. The van der Waals surface area contributed by atoms with Gasteiger partial charge in [-0.1, -0.05) is 37.6 Å². The number of hydrogen-bond acceptors (Lipinski definition) is 5. The van der Waals surface area contributed by atoms with E-state index in [1.165, 1.54) is 16.4 Å². The second kappa shape index (κ2) is 10.1. The van der Waals surface area contributed by atoms with Gasteiger partial charge in [0.15, 0.2) is 0 Å². The van der Waals surface area contributed by atoms with E-state index in [4.69, 9.17) is 4.74 Å². The van der Waals surface area contributed by atoms with E-state index in [-0.39, 0.29) is 17.1 Å². The second-order valence-electron chi connectivity index (χ2n) is 6.70. The Labute approximate surface area is 177 Å². The minimum atomic E-state index is -3.83. The lowest BCUT2D eigenvalue weighted by Crippen LogP contribution is -2.32. The minimum absolute atomic E-state index is 0.0592. The van der Waals surface area contributed by atoms with Crippen molar-refractivity contribution in [3.63, 3.8) is 0 Å². The molecule has 0 amide bonds. The average molecular weight is 428 g/mol. The van der Waals surface area contributed by atoms with E-state index in [1.54, 1.807) is 59.5 Å². The Morgan fingerprint density at radius 1 is 1.10 bits per heavy atom. The van der Waals surface area contributed by atoms with Gasteiger partial charge in [-0.15, -0.1) is 0 Å². The number of anilines is 1. The molecule has 0 saturated carbocycles. The molecule has 0 saturated heterocycles. The Bertz CT molecular complexity index is 1050. The first-order chi connectivity index (χ1) is 14.5. The number of hydrogen-bond donors (Lipinski definition) is 0. The molecular formula is C22H25N3O4S. The minimum Gasteiger partial charge on any atom is -0.460 e. The van der Waals surface area contributed by atoms with Crippen molar-refractivity contribution in [2.45, 2.75) is 31.2 Å². The number of ether oxygens (including phenoxy) is 1. The van der Waals surface area contributed by atoms with Crippen molar-refractivity contribution in [3.05, 3.63) is 78.6 Å². The largest absolute Gasteiger partial charge is 0.460 e. The Kier molecular flexibility index (Phi) is 7.24. The molecule has 158 valence electrons. The lowest BCUT2D eigenvalue weighted by Gasteiger charge is -2.24. The van der Waals surface area contributed by atoms with E-state index >= 15 is 0 Å². The third-order valence-corrected chi connectivity index (χ3v) is 6.35. The molecule has 3 rings (SSSR count). The van der Waals surface area contributed by atoms with E-state index in [9.17, 15) is 13.2 Å². The van der Waals surface area contributed by atoms with Crippen LogP contribution in [0.15, 0.2) is 78.0 Å². The van der Waals surface area contributed by atoms with E-state index in [1.807, 2.05) is 13.0 Å². The van der Waals surface area contributed by atoms with Gasteiger partial charge in [-0.25, -0.2) is 13.2 Å². The summed E-state index contributed by atoms with van der Waals surface area (Å²) in [6.07, 6.45) is 5.01. The van der Waals surface area contributed by atoms with Gasteiger partial charge >= 0.3 is 5.97 Å². The van der Waals surface area contributed by atoms with E-state index in [0.29, 0.717) is 18.8 Å². The number of benzene rings is 2. The Balaban J connectivity index is 1.78. The molecular weight excluding hydrogens is 402 g/mol. The first-order valence-electron chi connectivity index (χ1n) is 9.85. The van der Waals surface area contributed by atoms with E-state index in [2.05, 4.69) is 5.10 Å². The van der Waals surface area contributed by atoms with Crippen LogP contribution in [0.25, 0.3) is 0 Å². The fourth-order valence-corrected chi connectivity index (χ4v) is 4.49. The van der Waals surface area contributed by atoms with Crippen molar-refractivity contribution in [2.24, 2.45) is 0 Å². The summed E-state index contributed by atoms with van der Waals surface area (Å²) in [4.78, 5) is 12.5. The Hall–Kier alpha value is -3.13. The van der Waals surface area contributed by atoms with Crippen molar-refractivity contribution >= 4 is 21.7 Å². The third-order valence-electron chi connectivity index (χ3n) is 4.53. The molecule has 0 unspecified atom stereocenters. The molecule has 1 aromatic heterocycles. The number of esters is 1. The van der Waals surface area contributed by atoms with Crippen LogP contribution in [0, 0.1) is 0 Å². The van der Waals surface area contributed by atoms with Gasteiger partial charge in [0.25, 0.3) is 10.0 Å². The number of rotatable bonds is 10. The van der Waals surface area contributed by atoms with Crippen LogP contribution in [0.5, 0.6) is 0 Å². The molecule has 0 fully saturated rings. The summed E-state index contributed by atoms with van der Waals surface area (Å²) in [5.41, 5.74) is 0.790. The fraction of sp³-hybridized carbons (Fsp3) is 0.273. The number of carbonyl (C=O) groups is 1. The number of para-hydroxylation sites is 1. The summed E-state index contributed by atoms with van der Waals surface area (Å²) in [5, 5.41) is 4.05. The fourth-order valence-electron chi connectivity index (χ4n) is 2.94. The van der Waals surface area contributed by atoms with Crippen LogP contribution >= 0.6 is 0 Å². The van der Waals surface area contributed by atoms with Gasteiger partial charge in [-0.3, -0.25) is 8.99 Å². The number of unbranched alkanes of at least 4 members (excludes halogenated alkanes) is 1. The molecule has 0 spiro atoms. The standard InChI is InChI=1S/C22H25N3O4S/c1-2-3-15-25(20-10-5-4-6-11-20)30(27,28)21-12-7-9-19(18-21)22(26)29-17-16-24-14-8-13-23-24/h4-14,18H,2-3,15-17H2,1H3. The monoisotopic (exact) mass is 427 g/mol. The maximum absolute atomic E-state index is 13.3. The quantitative estimate of drug-likeness (QED) is 0.461. The van der Waals surface area contributed by atoms with Gasteiger partial charge in [0.2, 0.25) is 0 Å². The van der Waals surface area contributed by atoms with Crippen LogP contribution < -0.4 is 4.31 Å².